The quantitative estimate of drug-likeness (QED) is 0.867. The summed E-state index contributed by atoms with van der Waals surface area (Å²) in [6, 6.07) is 2.47. The summed E-state index contributed by atoms with van der Waals surface area (Å²) in [4.78, 5) is 37.3. The summed E-state index contributed by atoms with van der Waals surface area (Å²) in [6.07, 6.45) is 2.26. The van der Waals surface area contributed by atoms with Gasteiger partial charge in [0.05, 0.1) is 0 Å². The Balaban J connectivity index is 2.07. The standard InChI is InChI=1S/C15H22N4O4/c1-15(2,3)23-14(22)18-8-4-7-11(18)13(21)17-19-9-5-6-10(19)12(16)20/h5-6,9,11H,4,7-8H2,1-3H3,(H2,16,20)(H,17,21). The van der Waals surface area contributed by atoms with Crippen LogP contribution in [0.5, 0.6) is 0 Å². The minimum absolute atomic E-state index is 0.167. The summed E-state index contributed by atoms with van der Waals surface area (Å²) in [5.74, 6) is -1.03. The molecule has 2 heterocycles. The molecule has 0 spiro atoms. The minimum Gasteiger partial charge on any atom is -0.444 e. The summed E-state index contributed by atoms with van der Waals surface area (Å²) in [6.45, 7) is 5.78. The minimum atomic E-state index is -0.647. The topological polar surface area (TPSA) is 107 Å². The second-order valence-electron chi connectivity index (χ2n) is 6.44. The van der Waals surface area contributed by atoms with Crippen molar-refractivity contribution >= 4 is 17.9 Å². The van der Waals surface area contributed by atoms with Crippen molar-refractivity contribution in [3.63, 3.8) is 0 Å². The molecule has 0 aromatic carbocycles. The number of hydrogen-bond acceptors (Lipinski definition) is 4. The molecule has 0 radical (unpaired) electrons. The zero-order valence-electron chi connectivity index (χ0n) is 13.5. The van der Waals surface area contributed by atoms with Crippen molar-refractivity contribution < 1.29 is 19.1 Å². The Labute approximate surface area is 134 Å². The third-order valence-electron chi connectivity index (χ3n) is 3.42. The van der Waals surface area contributed by atoms with E-state index in [2.05, 4.69) is 5.43 Å². The summed E-state index contributed by atoms with van der Waals surface area (Å²) >= 11 is 0. The molecule has 8 nitrogen and oxygen atoms in total. The summed E-state index contributed by atoms with van der Waals surface area (Å²) in [5.41, 5.74) is 7.37. The predicted molar refractivity (Wildman–Crippen MR) is 83.3 cm³/mol. The molecule has 3 amide bonds. The highest BCUT2D eigenvalue weighted by Gasteiger charge is 2.36. The molecular weight excluding hydrogens is 300 g/mol. The molecule has 3 N–H and O–H groups in total. The first-order valence-corrected chi connectivity index (χ1v) is 7.47. The third-order valence-corrected chi connectivity index (χ3v) is 3.42. The van der Waals surface area contributed by atoms with Gasteiger partial charge in [0.1, 0.15) is 17.3 Å². The van der Waals surface area contributed by atoms with Crippen molar-refractivity contribution in [2.75, 3.05) is 12.0 Å². The van der Waals surface area contributed by atoms with Crippen LogP contribution in [0, 0.1) is 0 Å². The fourth-order valence-electron chi connectivity index (χ4n) is 2.45. The van der Waals surface area contributed by atoms with Crippen LogP contribution < -0.4 is 11.2 Å². The largest absolute Gasteiger partial charge is 0.444 e. The first-order valence-electron chi connectivity index (χ1n) is 7.47. The van der Waals surface area contributed by atoms with E-state index < -0.39 is 23.6 Å². The first-order chi connectivity index (χ1) is 10.7. The monoisotopic (exact) mass is 322 g/mol. The molecule has 1 aromatic rings. The number of amides is 3. The van der Waals surface area contributed by atoms with Crippen molar-refractivity contribution in [3.05, 3.63) is 24.0 Å². The number of nitrogens with zero attached hydrogens (tertiary/aromatic N) is 2. The van der Waals surface area contributed by atoms with Gasteiger partial charge in [-0.2, -0.15) is 0 Å². The van der Waals surface area contributed by atoms with Crippen LogP contribution in [0.3, 0.4) is 0 Å². The van der Waals surface area contributed by atoms with Crippen LogP contribution in [0.25, 0.3) is 0 Å². The summed E-state index contributed by atoms with van der Waals surface area (Å²) < 4.78 is 6.59. The maximum atomic E-state index is 12.4. The van der Waals surface area contributed by atoms with Gasteiger partial charge in [0.2, 0.25) is 0 Å². The van der Waals surface area contributed by atoms with Crippen molar-refractivity contribution in [2.24, 2.45) is 5.73 Å². The van der Waals surface area contributed by atoms with E-state index in [1.807, 2.05) is 0 Å². The van der Waals surface area contributed by atoms with Gasteiger partial charge in [-0.1, -0.05) is 0 Å². The Hall–Kier alpha value is -2.51. The Morgan fingerprint density at radius 2 is 2.04 bits per heavy atom. The van der Waals surface area contributed by atoms with E-state index in [4.69, 9.17) is 10.5 Å². The molecular formula is C15H22N4O4. The number of likely N-dealkylation sites (tertiary alicyclic amines) is 1. The maximum Gasteiger partial charge on any atom is 0.410 e. The van der Waals surface area contributed by atoms with Crippen LogP contribution in [0.1, 0.15) is 44.1 Å². The normalized spacial score (nSPS) is 17.9. The molecule has 1 saturated heterocycles. The van der Waals surface area contributed by atoms with E-state index >= 15 is 0 Å². The smallest absolute Gasteiger partial charge is 0.410 e. The zero-order chi connectivity index (χ0) is 17.2. The van der Waals surface area contributed by atoms with Gasteiger partial charge >= 0.3 is 6.09 Å². The van der Waals surface area contributed by atoms with Gasteiger partial charge < -0.3 is 10.5 Å². The predicted octanol–water partition coefficient (Wildman–Crippen LogP) is 1.06. The molecule has 1 fully saturated rings. The van der Waals surface area contributed by atoms with Crippen molar-refractivity contribution in [1.29, 1.82) is 0 Å². The van der Waals surface area contributed by atoms with Crippen molar-refractivity contribution in [3.8, 4) is 0 Å². The highest BCUT2D eigenvalue weighted by Crippen LogP contribution is 2.21. The van der Waals surface area contributed by atoms with Crippen LogP contribution in [-0.2, 0) is 9.53 Å². The fraction of sp³-hybridized carbons (Fsp3) is 0.533. The second-order valence-corrected chi connectivity index (χ2v) is 6.44. The van der Waals surface area contributed by atoms with E-state index in [1.54, 1.807) is 26.8 Å². The van der Waals surface area contributed by atoms with Crippen molar-refractivity contribution in [2.45, 2.75) is 45.3 Å². The first kappa shape index (κ1) is 16.9. The van der Waals surface area contributed by atoms with Gasteiger partial charge in [-0.15, -0.1) is 0 Å². The average molecular weight is 322 g/mol. The highest BCUT2D eigenvalue weighted by atomic mass is 16.6. The number of nitrogens with two attached hydrogens (primary N) is 1. The fourth-order valence-corrected chi connectivity index (χ4v) is 2.45. The molecule has 126 valence electrons. The highest BCUT2D eigenvalue weighted by molar-refractivity contribution is 5.95. The Bertz CT molecular complexity index is 617. The van der Waals surface area contributed by atoms with Gasteiger partial charge in [-0.25, -0.2) is 4.79 Å². The maximum absolute atomic E-state index is 12.4. The molecule has 0 saturated carbocycles. The number of hydrogen-bond donors (Lipinski definition) is 2. The molecule has 0 bridgehead atoms. The van der Waals surface area contributed by atoms with Gasteiger partial charge in [0.25, 0.3) is 11.8 Å². The molecule has 0 aliphatic carbocycles. The Morgan fingerprint density at radius 3 is 2.65 bits per heavy atom. The number of ether oxygens (including phenoxy) is 1. The lowest BCUT2D eigenvalue weighted by molar-refractivity contribution is -0.121. The molecule has 2 rings (SSSR count). The molecule has 23 heavy (non-hydrogen) atoms. The molecule has 1 aliphatic heterocycles. The molecule has 1 aliphatic rings. The number of nitrogens with one attached hydrogen (secondary N) is 1. The van der Waals surface area contributed by atoms with E-state index in [1.165, 1.54) is 21.8 Å². The van der Waals surface area contributed by atoms with E-state index in [0.29, 0.717) is 19.4 Å². The van der Waals surface area contributed by atoms with Crippen LogP contribution in [-0.4, -0.2) is 45.7 Å². The number of carbonyl (C=O) groups is 3. The van der Waals surface area contributed by atoms with Crippen LogP contribution in [0.15, 0.2) is 18.3 Å². The lowest BCUT2D eigenvalue weighted by Crippen LogP contribution is -2.47. The SMILES string of the molecule is CC(C)(C)OC(=O)N1CCCC1C(=O)Nn1cccc1C(N)=O. The molecule has 1 aromatic heterocycles. The Morgan fingerprint density at radius 1 is 1.35 bits per heavy atom. The van der Waals surface area contributed by atoms with Crippen LogP contribution in [0.2, 0.25) is 0 Å². The molecule has 8 heteroatoms. The van der Waals surface area contributed by atoms with Gasteiger partial charge in [0, 0.05) is 12.7 Å². The number of primary amides is 1. The lowest BCUT2D eigenvalue weighted by Gasteiger charge is -2.28. The van der Waals surface area contributed by atoms with Gasteiger partial charge in [0.15, 0.2) is 0 Å². The molecule has 1 unspecified atom stereocenters. The summed E-state index contributed by atoms with van der Waals surface area (Å²) in [5, 5.41) is 0. The number of aromatic nitrogens is 1. The molecule has 1 atom stereocenters. The van der Waals surface area contributed by atoms with E-state index in [-0.39, 0.29) is 11.6 Å². The number of rotatable bonds is 3. The second kappa shape index (κ2) is 6.31. The van der Waals surface area contributed by atoms with Crippen molar-refractivity contribution in [1.82, 2.24) is 9.58 Å². The van der Waals surface area contributed by atoms with Gasteiger partial charge in [-0.05, 0) is 45.7 Å². The van der Waals surface area contributed by atoms with Crippen LogP contribution >= 0.6 is 0 Å². The number of carbonyl (C=O) groups excluding carboxylic acids is 3. The lowest BCUT2D eigenvalue weighted by atomic mass is 10.2. The van der Waals surface area contributed by atoms with E-state index in [9.17, 15) is 14.4 Å². The van der Waals surface area contributed by atoms with Gasteiger partial charge in [-0.3, -0.25) is 24.6 Å². The third kappa shape index (κ3) is 4.02. The van der Waals surface area contributed by atoms with Crippen LogP contribution in [0.4, 0.5) is 4.79 Å². The Kier molecular flexibility index (Phi) is 4.63. The zero-order valence-corrected chi connectivity index (χ0v) is 13.5. The average Bonchev–Trinajstić information content (AvgIpc) is 3.04. The summed E-state index contributed by atoms with van der Waals surface area (Å²) in [7, 11) is 0. The van der Waals surface area contributed by atoms with E-state index in [0.717, 1.165) is 0 Å².